The Bertz CT molecular complexity index is 1090. The zero-order valence-corrected chi connectivity index (χ0v) is 20.6. The molecule has 0 unspecified atom stereocenters. The van der Waals surface area contributed by atoms with Crippen molar-refractivity contribution in [2.45, 2.75) is 52.2 Å². The first-order chi connectivity index (χ1) is 16.3. The second-order valence-corrected chi connectivity index (χ2v) is 8.53. The molecule has 0 amide bonds. The smallest absolute Gasteiger partial charge is 0.360 e. The zero-order chi connectivity index (χ0) is 24.7. The van der Waals surface area contributed by atoms with Crippen LogP contribution in [0.3, 0.4) is 0 Å². The predicted octanol–water partition coefficient (Wildman–Crippen LogP) is 4.65. The van der Waals surface area contributed by atoms with E-state index in [1.54, 1.807) is 13.2 Å². The van der Waals surface area contributed by atoms with Crippen LogP contribution >= 0.6 is 0 Å². The minimum Gasteiger partial charge on any atom is -0.485 e. The summed E-state index contributed by atoms with van der Waals surface area (Å²) < 4.78 is 17.4. The summed E-state index contributed by atoms with van der Waals surface area (Å²) in [5.74, 6) is 0.733. The van der Waals surface area contributed by atoms with E-state index in [2.05, 4.69) is 23.3 Å². The molecule has 0 radical (unpaired) electrons. The molecule has 0 saturated carbocycles. The summed E-state index contributed by atoms with van der Waals surface area (Å²) in [6.45, 7) is 6.37. The largest absolute Gasteiger partial charge is 0.485 e. The number of oxime groups is 2. The van der Waals surface area contributed by atoms with Crippen LogP contribution in [-0.2, 0) is 32.2 Å². The molecular weight excluding hydrogens is 436 g/mol. The summed E-state index contributed by atoms with van der Waals surface area (Å²) in [5, 5.41) is 8.10. The van der Waals surface area contributed by atoms with E-state index in [-0.39, 0.29) is 17.9 Å². The normalized spacial score (nSPS) is 14.8. The Morgan fingerprint density at radius 3 is 2.50 bits per heavy atom. The molecule has 0 fully saturated rings. The van der Waals surface area contributed by atoms with E-state index in [1.807, 2.05) is 38.1 Å². The molecule has 2 aromatic rings. The maximum absolute atomic E-state index is 12.3. The number of benzene rings is 2. The summed E-state index contributed by atoms with van der Waals surface area (Å²) >= 11 is 0. The van der Waals surface area contributed by atoms with Crippen molar-refractivity contribution < 1.29 is 28.7 Å². The third kappa shape index (κ3) is 5.68. The summed E-state index contributed by atoms with van der Waals surface area (Å²) in [6, 6.07) is 11.4. The second kappa shape index (κ2) is 11.0. The second-order valence-electron chi connectivity index (χ2n) is 8.53. The lowest BCUT2D eigenvalue weighted by atomic mass is 9.97. The molecule has 2 aromatic carbocycles. The molecule has 34 heavy (non-hydrogen) atoms. The number of carbonyl (C=O) groups excluding carboxylic acids is 1. The Labute approximate surface area is 200 Å². The lowest BCUT2D eigenvalue weighted by molar-refractivity contribution is -0.132. The fourth-order valence-electron chi connectivity index (χ4n) is 3.96. The fourth-order valence-corrected chi connectivity index (χ4v) is 3.96. The van der Waals surface area contributed by atoms with Gasteiger partial charge < -0.3 is 23.9 Å². The number of rotatable bonds is 10. The van der Waals surface area contributed by atoms with Crippen LogP contribution < -0.4 is 9.47 Å². The maximum atomic E-state index is 12.3. The fraction of sp³-hybridized carbons (Fsp3) is 0.423. The number of ether oxygens (including phenoxy) is 3. The molecule has 8 nitrogen and oxygen atoms in total. The lowest BCUT2D eigenvalue weighted by Crippen LogP contribution is -2.24. The molecule has 0 spiro atoms. The van der Waals surface area contributed by atoms with Gasteiger partial charge in [-0.15, -0.1) is 0 Å². The molecule has 0 aromatic heterocycles. The van der Waals surface area contributed by atoms with Gasteiger partial charge in [-0.1, -0.05) is 47.9 Å². The number of hydrogen-bond acceptors (Lipinski definition) is 8. The molecule has 8 heteroatoms. The highest BCUT2D eigenvalue weighted by molar-refractivity contribution is 6.43. The van der Waals surface area contributed by atoms with E-state index >= 15 is 0 Å². The van der Waals surface area contributed by atoms with Crippen molar-refractivity contribution >= 4 is 17.4 Å². The van der Waals surface area contributed by atoms with Crippen molar-refractivity contribution in [2.75, 3.05) is 21.3 Å². The van der Waals surface area contributed by atoms with Crippen LogP contribution in [-0.4, -0.2) is 44.3 Å². The number of methoxy groups -OCH3 is 1. The van der Waals surface area contributed by atoms with Crippen LogP contribution in [0.2, 0.25) is 0 Å². The highest BCUT2D eigenvalue weighted by atomic mass is 16.6. The van der Waals surface area contributed by atoms with Crippen molar-refractivity contribution in [2.24, 2.45) is 10.3 Å². The van der Waals surface area contributed by atoms with Crippen molar-refractivity contribution in [3.63, 3.8) is 0 Å². The Kier molecular flexibility index (Phi) is 8.15. The Morgan fingerprint density at radius 2 is 1.82 bits per heavy atom. The first-order valence-corrected chi connectivity index (χ1v) is 11.2. The van der Waals surface area contributed by atoms with E-state index in [0.717, 1.165) is 47.4 Å². The number of hydrogen-bond donors (Lipinski definition) is 0. The standard InChI is InChI=1S/C26H32N2O6/c1-7-10-21(27-31-5)18-13-19-15-26(2,3)34-24(19)22(14-18)33-16-17-11-8-9-12-20(17)23(28-32-6)25(29)30-4/h8-9,11-14H,7,10,15-16H2,1-6H3/b27-21+,28-23+. The third-order valence-corrected chi connectivity index (χ3v) is 5.36. The van der Waals surface area contributed by atoms with Gasteiger partial charge in [0.15, 0.2) is 17.2 Å². The maximum Gasteiger partial charge on any atom is 0.360 e. The van der Waals surface area contributed by atoms with E-state index in [1.165, 1.54) is 14.2 Å². The average Bonchev–Trinajstić information content (AvgIpc) is 3.14. The summed E-state index contributed by atoms with van der Waals surface area (Å²) in [6.07, 6.45) is 2.46. The highest BCUT2D eigenvalue weighted by Crippen LogP contribution is 2.43. The molecular formula is C26H32N2O6. The molecule has 1 aliphatic rings. The first kappa shape index (κ1) is 25.1. The van der Waals surface area contributed by atoms with Gasteiger partial charge in [0.2, 0.25) is 0 Å². The Hall–Kier alpha value is -3.55. The van der Waals surface area contributed by atoms with Crippen molar-refractivity contribution in [1.82, 2.24) is 0 Å². The Balaban J connectivity index is 1.99. The molecule has 0 saturated heterocycles. The van der Waals surface area contributed by atoms with Crippen LogP contribution in [0.5, 0.6) is 11.5 Å². The van der Waals surface area contributed by atoms with Crippen molar-refractivity contribution in [3.05, 3.63) is 58.7 Å². The van der Waals surface area contributed by atoms with E-state index in [4.69, 9.17) is 23.9 Å². The number of carbonyl (C=O) groups is 1. The summed E-state index contributed by atoms with van der Waals surface area (Å²) in [5.41, 5.74) is 3.88. The van der Waals surface area contributed by atoms with Gasteiger partial charge in [-0.3, -0.25) is 0 Å². The Morgan fingerprint density at radius 1 is 1.09 bits per heavy atom. The van der Waals surface area contributed by atoms with Gasteiger partial charge in [-0.2, -0.15) is 0 Å². The first-order valence-electron chi connectivity index (χ1n) is 11.2. The minimum absolute atomic E-state index is 0.0676. The SMILES string of the molecule is CCC/C(=N\OC)c1cc2c(c(OCc3ccccc3/C(=N\OC)C(=O)OC)c1)OC(C)(C)C2. The van der Waals surface area contributed by atoms with Crippen LogP contribution in [0.25, 0.3) is 0 Å². The molecule has 0 bridgehead atoms. The van der Waals surface area contributed by atoms with Gasteiger partial charge in [0.05, 0.1) is 12.8 Å². The van der Waals surface area contributed by atoms with Gasteiger partial charge in [0, 0.05) is 23.1 Å². The van der Waals surface area contributed by atoms with Crippen LogP contribution in [0.4, 0.5) is 0 Å². The molecule has 1 aliphatic heterocycles. The molecule has 182 valence electrons. The highest BCUT2D eigenvalue weighted by Gasteiger charge is 2.33. The van der Waals surface area contributed by atoms with Gasteiger partial charge in [-0.25, -0.2) is 4.79 Å². The van der Waals surface area contributed by atoms with Crippen molar-refractivity contribution in [1.29, 1.82) is 0 Å². The monoisotopic (exact) mass is 468 g/mol. The quantitative estimate of drug-likeness (QED) is 0.286. The van der Waals surface area contributed by atoms with E-state index in [0.29, 0.717) is 11.3 Å². The molecule has 0 aliphatic carbocycles. The van der Waals surface area contributed by atoms with Gasteiger partial charge in [0.25, 0.3) is 0 Å². The van der Waals surface area contributed by atoms with Gasteiger partial charge in [0.1, 0.15) is 26.4 Å². The van der Waals surface area contributed by atoms with Crippen molar-refractivity contribution in [3.8, 4) is 11.5 Å². The number of esters is 1. The van der Waals surface area contributed by atoms with Gasteiger partial charge in [-0.05, 0) is 38.0 Å². The topological polar surface area (TPSA) is 87.9 Å². The summed E-state index contributed by atoms with van der Waals surface area (Å²) in [4.78, 5) is 22.2. The molecule has 0 N–H and O–H groups in total. The third-order valence-electron chi connectivity index (χ3n) is 5.36. The minimum atomic E-state index is -0.595. The van der Waals surface area contributed by atoms with Crippen LogP contribution in [0, 0.1) is 0 Å². The van der Waals surface area contributed by atoms with E-state index in [9.17, 15) is 4.79 Å². The average molecular weight is 469 g/mol. The predicted molar refractivity (Wildman–Crippen MR) is 130 cm³/mol. The zero-order valence-electron chi connectivity index (χ0n) is 20.6. The molecule has 0 atom stereocenters. The summed E-state index contributed by atoms with van der Waals surface area (Å²) in [7, 11) is 4.23. The molecule has 3 rings (SSSR count). The number of nitrogens with zero attached hydrogens (tertiary/aromatic N) is 2. The van der Waals surface area contributed by atoms with Crippen LogP contribution in [0.15, 0.2) is 46.7 Å². The van der Waals surface area contributed by atoms with E-state index < -0.39 is 5.97 Å². The van der Waals surface area contributed by atoms with Crippen LogP contribution in [0.1, 0.15) is 55.9 Å². The molecule has 1 heterocycles. The lowest BCUT2D eigenvalue weighted by Gasteiger charge is -2.19. The number of fused-ring (bicyclic) bond motifs is 1. The van der Waals surface area contributed by atoms with Gasteiger partial charge >= 0.3 is 5.97 Å².